The van der Waals surface area contributed by atoms with Crippen LogP contribution in [-0.4, -0.2) is 71.8 Å². The van der Waals surface area contributed by atoms with Crippen molar-refractivity contribution in [2.45, 2.75) is 13.3 Å². The number of carbonyl (C=O) groups is 1. The maximum atomic E-state index is 14.1. The predicted octanol–water partition coefficient (Wildman–Crippen LogP) is 1.05. The van der Waals surface area contributed by atoms with E-state index in [9.17, 15) is 14.0 Å². The minimum atomic E-state index is -0.534. The van der Waals surface area contributed by atoms with Gasteiger partial charge in [-0.25, -0.2) is 9.07 Å². The molecule has 1 N–H and O–H groups in total. The zero-order chi connectivity index (χ0) is 20.1. The molecular weight excluding hydrogens is 361 g/mol. The first kappa shape index (κ1) is 20.2. The normalized spacial score (nSPS) is 15.5. The number of nitrogens with zero attached hydrogens (tertiary/aromatic N) is 4. The number of rotatable bonds is 6. The van der Waals surface area contributed by atoms with E-state index in [-0.39, 0.29) is 11.4 Å². The highest BCUT2D eigenvalue weighted by molar-refractivity contribution is 5.92. The molecule has 1 aromatic heterocycles. The van der Waals surface area contributed by atoms with Crippen molar-refractivity contribution in [1.82, 2.24) is 24.9 Å². The van der Waals surface area contributed by atoms with Gasteiger partial charge < -0.3 is 15.1 Å². The molecular formula is C20H26FN5O2. The third-order valence-corrected chi connectivity index (χ3v) is 4.94. The van der Waals surface area contributed by atoms with Crippen molar-refractivity contribution < 1.29 is 9.18 Å². The van der Waals surface area contributed by atoms with Gasteiger partial charge in [-0.15, -0.1) is 0 Å². The van der Waals surface area contributed by atoms with Crippen molar-refractivity contribution in [3.05, 3.63) is 57.8 Å². The molecule has 1 amide bonds. The van der Waals surface area contributed by atoms with Crippen LogP contribution in [0.4, 0.5) is 4.39 Å². The third kappa shape index (κ3) is 4.82. The van der Waals surface area contributed by atoms with Gasteiger partial charge in [0.1, 0.15) is 11.5 Å². The number of benzene rings is 1. The molecule has 1 aromatic carbocycles. The van der Waals surface area contributed by atoms with Crippen LogP contribution in [0.5, 0.6) is 0 Å². The lowest BCUT2D eigenvalue weighted by Gasteiger charge is -2.32. The van der Waals surface area contributed by atoms with Gasteiger partial charge in [0.15, 0.2) is 5.69 Å². The Morgan fingerprint density at radius 1 is 1.21 bits per heavy atom. The number of aryl methyl sites for hydroxylation is 1. The van der Waals surface area contributed by atoms with Gasteiger partial charge >= 0.3 is 0 Å². The van der Waals surface area contributed by atoms with E-state index >= 15 is 0 Å². The van der Waals surface area contributed by atoms with Crippen molar-refractivity contribution >= 4 is 5.91 Å². The van der Waals surface area contributed by atoms with Gasteiger partial charge in [-0.1, -0.05) is 12.1 Å². The topological polar surface area (TPSA) is 70.5 Å². The number of para-hydroxylation sites is 1. The fraction of sp³-hybridized carbons (Fsp3) is 0.450. The molecule has 0 saturated carbocycles. The van der Waals surface area contributed by atoms with Gasteiger partial charge in [0.05, 0.1) is 0 Å². The number of piperazine rings is 1. The van der Waals surface area contributed by atoms with E-state index in [4.69, 9.17) is 0 Å². The van der Waals surface area contributed by atoms with E-state index in [1.165, 1.54) is 16.8 Å². The summed E-state index contributed by atoms with van der Waals surface area (Å²) in [5, 5.41) is 6.87. The summed E-state index contributed by atoms with van der Waals surface area (Å²) in [5.74, 6) is -1.01. The molecule has 0 spiro atoms. The van der Waals surface area contributed by atoms with Crippen molar-refractivity contribution in [2.24, 2.45) is 0 Å². The van der Waals surface area contributed by atoms with Crippen LogP contribution in [0.2, 0.25) is 0 Å². The summed E-state index contributed by atoms with van der Waals surface area (Å²) in [6.07, 6.45) is 0.794. The van der Waals surface area contributed by atoms with Crippen molar-refractivity contribution in [2.75, 3.05) is 46.3 Å². The third-order valence-electron chi connectivity index (χ3n) is 4.94. The zero-order valence-electron chi connectivity index (χ0n) is 16.3. The van der Waals surface area contributed by atoms with Crippen molar-refractivity contribution in [3.63, 3.8) is 0 Å². The fourth-order valence-corrected chi connectivity index (χ4v) is 3.23. The number of hydrogen-bond acceptors (Lipinski definition) is 5. The van der Waals surface area contributed by atoms with Gasteiger partial charge in [-0.2, -0.15) is 5.10 Å². The summed E-state index contributed by atoms with van der Waals surface area (Å²) >= 11 is 0. The zero-order valence-corrected chi connectivity index (χ0v) is 16.3. The lowest BCUT2D eigenvalue weighted by atomic mass is 10.2. The summed E-state index contributed by atoms with van der Waals surface area (Å²) in [5.41, 5.74) is -0.0408. The Labute approximate surface area is 163 Å². The SMILES string of the molecule is Cc1cc(=O)c(C(=O)NCCCN2CCN(C)CC2)nn1-c1ccccc1F. The Hall–Kier alpha value is -2.58. The summed E-state index contributed by atoms with van der Waals surface area (Å²) in [7, 11) is 2.11. The van der Waals surface area contributed by atoms with Crippen molar-refractivity contribution in [3.8, 4) is 5.69 Å². The van der Waals surface area contributed by atoms with Crippen LogP contribution in [-0.2, 0) is 0 Å². The molecule has 0 bridgehead atoms. The van der Waals surface area contributed by atoms with Crippen LogP contribution in [0.1, 0.15) is 22.6 Å². The van der Waals surface area contributed by atoms with E-state index in [0.29, 0.717) is 12.2 Å². The summed E-state index contributed by atoms with van der Waals surface area (Å²) < 4.78 is 15.4. The maximum Gasteiger partial charge on any atom is 0.275 e. The molecule has 8 heteroatoms. The van der Waals surface area contributed by atoms with E-state index in [0.717, 1.165) is 39.1 Å². The molecule has 28 heavy (non-hydrogen) atoms. The molecule has 0 radical (unpaired) electrons. The van der Waals surface area contributed by atoms with E-state index < -0.39 is 17.2 Å². The first-order valence-corrected chi connectivity index (χ1v) is 9.50. The van der Waals surface area contributed by atoms with Crippen LogP contribution in [0, 0.1) is 12.7 Å². The van der Waals surface area contributed by atoms with Gasteiger partial charge in [-0.3, -0.25) is 9.59 Å². The van der Waals surface area contributed by atoms with Gasteiger partial charge in [0.2, 0.25) is 5.43 Å². The first-order chi connectivity index (χ1) is 13.5. The highest BCUT2D eigenvalue weighted by Crippen LogP contribution is 2.13. The first-order valence-electron chi connectivity index (χ1n) is 9.50. The highest BCUT2D eigenvalue weighted by atomic mass is 19.1. The number of aromatic nitrogens is 2. The Balaban J connectivity index is 1.63. The van der Waals surface area contributed by atoms with Crippen LogP contribution in [0.25, 0.3) is 5.69 Å². The number of nitrogens with one attached hydrogen (secondary N) is 1. The fourth-order valence-electron chi connectivity index (χ4n) is 3.23. The second-order valence-corrected chi connectivity index (χ2v) is 7.12. The predicted molar refractivity (Wildman–Crippen MR) is 105 cm³/mol. The van der Waals surface area contributed by atoms with E-state index in [1.54, 1.807) is 25.1 Å². The quantitative estimate of drug-likeness (QED) is 0.751. The average Bonchev–Trinajstić information content (AvgIpc) is 2.67. The molecule has 0 aliphatic carbocycles. The number of halogens is 1. The molecule has 1 saturated heterocycles. The molecule has 0 unspecified atom stereocenters. The minimum absolute atomic E-state index is 0.198. The molecule has 2 heterocycles. The van der Waals surface area contributed by atoms with E-state index in [1.807, 2.05) is 0 Å². The molecule has 1 fully saturated rings. The monoisotopic (exact) mass is 387 g/mol. The number of amides is 1. The highest BCUT2D eigenvalue weighted by Gasteiger charge is 2.17. The maximum absolute atomic E-state index is 14.1. The Morgan fingerprint density at radius 2 is 1.93 bits per heavy atom. The molecule has 2 aromatic rings. The van der Waals surface area contributed by atoms with Gasteiger partial charge in [0, 0.05) is 44.5 Å². The minimum Gasteiger partial charge on any atom is -0.350 e. The van der Waals surface area contributed by atoms with Crippen LogP contribution in [0.3, 0.4) is 0 Å². The molecule has 7 nitrogen and oxygen atoms in total. The van der Waals surface area contributed by atoms with Crippen LogP contribution in [0.15, 0.2) is 35.1 Å². The summed E-state index contributed by atoms with van der Waals surface area (Å²) in [4.78, 5) is 29.3. The second-order valence-electron chi connectivity index (χ2n) is 7.12. The standard InChI is InChI=1S/C20H26FN5O2/c1-15-14-18(27)19(23-26(15)17-7-4-3-6-16(17)21)20(28)22-8-5-9-25-12-10-24(2)11-13-25/h3-4,6-7,14H,5,8-13H2,1-2H3,(H,22,28). The lowest BCUT2D eigenvalue weighted by molar-refractivity contribution is 0.0941. The van der Waals surface area contributed by atoms with Crippen molar-refractivity contribution in [1.29, 1.82) is 0 Å². The summed E-state index contributed by atoms with van der Waals surface area (Å²) in [6, 6.07) is 7.42. The van der Waals surface area contributed by atoms with Gasteiger partial charge in [-0.05, 0) is 39.1 Å². The second kappa shape index (κ2) is 9.07. The number of carbonyl (C=O) groups excluding carboxylic acids is 1. The molecule has 150 valence electrons. The summed E-state index contributed by atoms with van der Waals surface area (Å²) in [6.45, 7) is 7.16. The smallest absolute Gasteiger partial charge is 0.275 e. The average molecular weight is 387 g/mol. The van der Waals surface area contributed by atoms with Crippen LogP contribution < -0.4 is 10.7 Å². The molecule has 0 atom stereocenters. The Kier molecular flexibility index (Phi) is 6.53. The lowest BCUT2D eigenvalue weighted by Crippen LogP contribution is -2.45. The Bertz CT molecular complexity index is 890. The number of hydrogen-bond donors (Lipinski definition) is 1. The van der Waals surface area contributed by atoms with Gasteiger partial charge in [0.25, 0.3) is 5.91 Å². The van der Waals surface area contributed by atoms with Crippen LogP contribution >= 0.6 is 0 Å². The van der Waals surface area contributed by atoms with E-state index in [2.05, 4.69) is 27.3 Å². The molecule has 1 aliphatic rings. The molecule has 1 aliphatic heterocycles. The molecule has 3 rings (SSSR count). The number of likely N-dealkylation sites (N-methyl/N-ethyl adjacent to an activating group) is 1. The Morgan fingerprint density at radius 3 is 2.64 bits per heavy atom. The largest absolute Gasteiger partial charge is 0.350 e.